The molecule has 2 rings (SSSR count). The molecule has 2 N–H and O–H groups in total. The average Bonchev–Trinajstić information content (AvgIpc) is 2.68. The van der Waals surface area contributed by atoms with Crippen LogP contribution >= 0.6 is 0 Å². The fourth-order valence-electron chi connectivity index (χ4n) is 4.20. The Balaban J connectivity index is 1.74. The van der Waals surface area contributed by atoms with Gasteiger partial charge in [-0.05, 0) is 44.6 Å². The molecule has 0 aromatic carbocycles. The van der Waals surface area contributed by atoms with Crippen LogP contribution in [0.5, 0.6) is 0 Å². The molecule has 2 unspecified atom stereocenters. The number of aliphatic hydroxyl groups is 1. The van der Waals surface area contributed by atoms with Crippen molar-refractivity contribution >= 4 is 0 Å². The van der Waals surface area contributed by atoms with Crippen molar-refractivity contribution in [3.8, 4) is 0 Å². The minimum Gasteiger partial charge on any atom is -0.394 e. The van der Waals surface area contributed by atoms with Gasteiger partial charge in [-0.3, -0.25) is 0 Å². The molecular formula is C17H33NO2. The zero-order valence-corrected chi connectivity index (χ0v) is 13.2. The monoisotopic (exact) mass is 283 g/mol. The predicted octanol–water partition coefficient (Wildman–Crippen LogP) is 3.26. The average molecular weight is 283 g/mol. The Labute approximate surface area is 124 Å². The maximum atomic E-state index is 9.80. The number of nitrogens with one attached hydrogen (secondary N) is 1. The second-order valence-corrected chi connectivity index (χ2v) is 6.71. The van der Waals surface area contributed by atoms with Gasteiger partial charge in [0.2, 0.25) is 0 Å². The van der Waals surface area contributed by atoms with E-state index in [2.05, 4.69) is 12.2 Å². The molecule has 0 bridgehead atoms. The first-order valence-corrected chi connectivity index (χ1v) is 8.78. The summed E-state index contributed by atoms with van der Waals surface area (Å²) in [6.07, 6.45) is 13.2. The number of likely N-dealkylation sites (N-methyl/N-ethyl adjacent to an activating group) is 1. The van der Waals surface area contributed by atoms with Crippen LogP contribution in [0.4, 0.5) is 0 Å². The molecule has 0 spiro atoms. The third-order valence-electron chi connectivity index (χ3n) is 5.39. The van der Waals surface area contributed by atoms with Gasteiger partial charge < -0.3 is 15.2 Å². The summed E-state index contributed by atoms with van der Waals surface area (Å²) in [4.78, 5) is 0. The second-order valence-electron chi connectivity index (χ2n) is 6.71. The van der Waals surface area contributed by atoms with E-state index >= 15 is 0 Å². The largest absolute Gasteiger partial charge is 0.394 e. The van der Waals surface area contributed by atoms with Gasteiger partial charge in [-0.2, -0.15) is 0 Å². The van der Waals surface area contributed by atoms with E-state index in [9.17, 15) is 5.11 Å². The van der Waals surface area contributed by atoms with Gasteiger partial charge in [-0.1, -0.05) is 39.0 Å². The first kappa shape index (κ1) is 16.3. The van der Waals surface area contributed by atoms with Crippen molar-refractivity contribution in [1.29, 1.82) is 0 Å². The quantitative estimate of drug-likeness (QED) is 0.705. The fraction of sp³-hybridized carbons (Fsp3) is 1.00. The van der Waals surface area contributed by atoms with Crippen LogP contribution in [-0.2, 0) is 4.74 Å². The molecule has 0 aromatic heterocycles. The van der Waals surface area contributed by atoms with Crippen molar-refractivity contribution in [3.63, 3.8) is 0 Å². The molecule has 0 amide bonds. The lowest BCUT2D eigenvalue weighted by atomic mass is 9.85. The first-order chi connectivity index (χ1) is 9.80. The zero-order chi connectivity index (χ0) is 14.3. The fourth-order valence-corrected chi connectivity index (χ4v) is 4.20. The Kier molecular flexibility index (Phi) is 6.79. The van der Waals surface area contributed by atoms with Gasteiger partial charge in [0, 0.05) is 12.1 Å². The van der Waals surface area contributed by atoms with Gasteiger partial charge in [-0.15, -0.1) is 0 Å². The third kappa shape index (κ3) is 4.19. The molecule has 2 saturated carbocycles. The summed E-state index contributed by atoms with van der Waals surface area (Å²) >= 11 is 0. The number of hydrogen-bond acceptors (Lipinski definition) is 3. The van der Waals surface area contributed by atoms with E-state index in [1.54, 1.807) is 0 Å². The van der Waals surface area contributed by atoms with E-state index in [0.29, 0.717) is 12.0 Å². The summed E-state index contributed by atoms with van der Waals surface area (Å²) in [7, 11) is 0. The number of rotatable bonds is 7. The molecule has 0 radical (unpaired) electrons. The van der Waals surface area contributed by atoms with Crippen molar-refractivity contribution in [3.05, 3.63) is 0 Å². The number of hydrogen-bond donors (Lipinski definition) is 2. The predicted molar refractivity (Wildman–Crippen MR) is 82.9 cm³/mol. The smallest absolute Gasteiger partial charge is 0.0616 e. The zero-order valence-electron chi connectivity index (χ0n) is 13.2. The summed E-state index contributed by atoms with van der Waals surface area (Å²) < 4.78 is 6.13. The van der Waals surface area contributed by atoms with E-state index in [4.69, 9.17) is 4.74 Å². The van der Waals surface area contributed by atoms with E-state index in [0.717, 1.165) is 26.0 Å². The van der Waals surface area contributed by atoms with Gasteiger partial charge in [0.1, 0.15) is 0 Å². The molecular weight excluding hydrogens is 250 g/mol. The Hall–Kier alpha value is -0.120. The highest BCUT2D eigenvalue weighted by Gasteiger charge is 2.41. The van der Waals surface area contributed by atoms with Crippen LogP contribution in [0.1, 0.15) is 71.1 Å². The van der Waals surface area contributed by atoms with Crippen LogP contribution in [0, 0.1) is 5.92 Å². The van der Waals surface area contributed by atoms with Gasteiger partial charge >= 0.3 is 0 Å². The third-order valence-corrected chi connectivity index (χ3v) is 5.39. The van der Waals surface area contributed by atoms with Crippen LogP contribution in [0.3, 0.4) is 0 Å². The molecule has 3 heteroatoms. The minimum atomic E-state index is -0.0262. The van der Waals surface area contributed by atoms with Crippen LogP contribution in [-0.4, -0.2) is 36.5 Å². The van der Waals surface area contributed by atoms with Crippen molar-refractivity contribution in [2.24, 2.45) is 5.92 Å². The highest BCUT2D eigenvalue weighted by molar-refractivity contribution is 4.98. The first-order valence-electron chi connectivity index (χ1n) is 8.78. The lowest BCUT2D eigenvalue weighted by Gasteiger charge is -2.35. The van der Waals surface area contributed by atoms with Crippen molar-refractivity contribution in [1.82, 2.24) is 5.32 Å². The normalized spacial score (nSPS) is 32.4. The molecule has 2 aliphatic rings. The molecule has 2 atom stereocenters. The molecule has 0 aliphatic heterocycles. The molecule has 118 valence electrons. The Morgan fingerprint density at radius 1 is 1.10 bits per heavy atom. The Morgan fingerprint density at radius 2 is 1.85 bits per heavy atom. The van der Waals surface area contributed by atoms with Gasteiger partial charge in [-0.25, -0.2) is 0 Å². The van der Waals surface area contributed by atoms with Gasteiger partial charge in [0.25, 0.3) is 0 Å². The summed E-state index contributed by atoms with van der Waals surface area (Å²) in [6.45, 7) is 4.23. The molecule has 0 aromatic rings. The van der Waals surface area contributed by atoms with Gasteiger partial charge in [0.05, 0.1) is 12.7 Å². The lowest BCUT2D eigenvalue weighted by molar-refractivity contribution is 0.0235. The highest BCUT2D eigenvalue weighted by atomic mass is 16.5. The van der Waals surface area contributed by atoms with Crippen molar-refractivity contribution < 1.29 is 9.84 Å². The second kappa shape index (κ2) is 8.35. The number of aliphatic hydroxyl groups excluding tert-OH is 1. The molecule has 2 fully saturated rings. The van der Waals surface area contributed by atoms with Crippen LogP contribution in [0.15, 0.2) is 0 Å². The maximum Gasteiger partial charge on any atom is 0.0616 e. The maximum absolute atomic E-state index is 9.80. The van der Waals surface area contributed by atoms with Crippen LogP contribution in [0.25, 0.3) is 0 Å². The van der Waals surface area contributed by atoms with E-state index < -0.39 is 0 Å². The van der Waals surface area contributed by atoms with E-state index in [1.165, 1.54) is 51.4 Å². The Morgan fingerprint density at radius 3 is 2.50 bits per heavy atom. The summed E-state index contributed by atoms with van der Waals surface area (Å²) in [5.74, 6) is 0.582. The van der Waals surface area contributed by atoms with Gasteiger partial charge in [0.15, 0.2) is 0 Å². The van der Waals surface area contributed by atoms with E-state index in [1.807, 2.05) is 0 Å². The summed E-state index contributed by atoms with van der Waals surface area (Å²) in [5.41, 5.74) is -0.0262. The topological polar surface area (TPSA) is 41.5 Å². The van der Waals surface area contributed by atoms with Crippen molar-refractivity contribution in [2.45, 2.75) is 82.8 Å². The van der Waals surface area contributed by atoms with Crippen LogP contribution in [0.2, 0.25) is 0 Å². The van der Waals surface area contributed by atoms with E-state index in [-0.39, 0.29) is 12.1 Å². The SMILES string of the molecule is CCNC1(CO)CCCC1CCOC1CCCCCC1. The molecule has 3 nitrogen and oxygen atoms in total. The summed E-state index contributed by atoms with van der Waals surface area (Å²) in [5, 5.41) is 13.4. The molecule has 0 heterocycles. The van der Waals surface area contributed by atoms with Crippen molar-refractivity contribution in [2.75, 3.05) is 19.8 Å². The summed E-state index contributed by atoms with van der Waals surface area (Å²) in [6, 6.07) is 0. The van der Waals surface area contributed by atoms with Crippen LogP contribution < -0.4 is 5.32 Å². The minimum absolute atomic E-state index is 0.0262. The molecule has 20 heavy (non-hydrogen) atoms. The lowest BCUT2D eigenvalue weighted by Crippen LogP contribution is -2.51. The molecule has 2 aliphatic carbocycles. The Bertz CT molecular complexity index is 264. The number of ether oxygens (including phenoxy) is 1. The highest BCUT2D eigenvalue weighted by Crippen LogP contribution is 2.37. The molecule has 0 saturated heterocycles. The standard InChI is InChI=1S/C17H33NO2/c1-2-18-17(14-19)12-7-8-15(17)11-13-20-16-9-5-3-4-6-10-16/h15-16,18-19H,2-14H2,1H3.